The summed E-state index contributed by atoms with van der Waals surface area (Å²) in [6.07, 6.45) is 5.02. The van der Waals surface area contributed by atoms with E-state index in [1.165, 1.54) is 0 Å². The van der Waals surface area contributed by atoms with Gasteiger partial charge in [-0.2, -0.15) is 0 Å². The summed E-state index contributed by atoms with van der Waals surface area (Å²) in [4.78, 5) is 0. The summed E-state index contributed by atoms with van der Waals surface area (Å²) in [6.45, 7) is 7.34. The Morgan fingerprint density at radius 2 is 1.71 bits per heavy atom. The highest BCUT2D eigenvalue weighted by atomic mass is 16.3. The lowest BCUT2D eigenvalue weighted by atomic mass is 9.84. The van der Waals surface area contributed by atoms with Crippen LogP contribution >= 0.6 is 0 Å². The molecule has 0 aliphatic heterocycles. The molecule has 1 unspecified atom stereocenters. The van der Waals surface area contributed by atoms with Crippen LogP contribution in [0.15, 0.2) is 55.6 Å². The van der Waals surface area contributed by atoms with Crippen LogP contribution in [0, 0.1) is 0 Å². The Bertz CT molecular complexity index is 348. The summed E-state index contributed by atoms with van der Waals surface area (Å²) in [5.74, 6) is 0. The number of nitrogens with two attached hydrogens (primary N) is 1. The summed E-state index contributed by atoms with van der Waals surface area (Å²) in [5, 5.41) is 10.5. The van der Waals surface area contributed by atoms with E-state index in [2.05, 4.69) is 13.2 Å². The Labute approximate surface area is 103 Å². The second kappa shape index (κ2) is 6.38. The molecule has 0 aliphatic carbocycles. The molecular weight excluding hydrogens is 210 g/mol. The van der Waals surface area contributed by atoms with E-state index in [1.807, 2.05) is 30.3 Å². The molecule has 0 fully saturated rings. The molecule has 0 saturated carbocycles. The smallest absolute Gasteiger partial charge is 0.0869 e. The zero-order valence-corrected chi connectivity index (χ0v) is 10.2. The molecule has 1 aromatic carbocycles. The quantitative estimate of drug-likeness (QED) is 0.708. The number of hydrogen-bond donors (Lipinski definition) is 2. The molecule has 0 aromatic heterocycles. The fourth-order valence-corrected chi connectivity index (χ4v) is 1.94. The highest BCUT2D eigenvalue weighted by Crippen LogP contribution is 2.22. The molecule has 0 saturated heterocycles. The van der Waals surface area contributed by atoms with Gasteiger partial charge in [-0.05, 0) is 24.8 Å². The van der Waals surface area contributed by atoms with Gasteiger partial charge in [-0.1, -0.05) is 42.5 Å². The van der Waals surface area contributed by atoms with Crippen LogP contribution in [0.2, 0.25) is 0 Å². The molecule has 0 aliphatic rings. The molecule has 0 bridgehead atoms. The Hall–Kier alpha value is -1.38. The fraction of sp³-hybridized carbons (Fsp3) is 0.333. The predicted octanol–water partition coefficient (Wildman–Crippen LogP) is 2.44. The number of rotatable bonds is 7. The van der Waals surface area contributed by atoms with Gasteiger partial charge in [-0.15, -0.1) is 13.2 Å². The molecular formula is C15H21NO. The van der Waals surface area contributed by atoms with E-state index < -0.39 is 5.60 Å². The predicted molar refractivity (Wildman–Crippen MR) is 72.7 cm³/mol. The molecule has 0 amide bonds. The SMILES string of the molecule is C=CCC(O)(CC=C)C(N)Cc1ccccc1. The number of aliphatic hydroxyl groups is 1. The average molecular weight is 231 g/mol. The Kier molecular flexibility index (Phi) is 5.13. The number of benzene rings is 1. The normalized spacial score (nSPS) is 13.1. The van der Waals surface area contributed by atoms with Gasteiger partial charge in [-0.25, -0.2) is 0 Å². The Morgan fingerprint density at radius 3 is 2.18 bits per heavy atom. The summed E-state index contributed by atoms with van der Waals surface area (Å²) < 4.78 is 0. The van der Waals surface area contributed by atoms with Crippen LogP contribution in [0.25, 0.3) is 0 Å². The van der Waals surface area contributed by atoms with Gasteiger partial charge in [0.15, 0.2) is 0 Å². The molecule has 1 rings (SSSR count). The first kappa shape index (κ1) is 13.7. The lowest BCUT2D eigenvalue weighted by molar-refractivity contribution is 0.0197. The first-order valence-electron chi connectivity index (χ1n) is 5.86. The molecule has 92 valence electrons. The van der Waals surface area contributed by atoms with E-state index in [9.17, 15) is 5.11 Å². The van der Waals surface area contributed by atoms with Crippen LogP contribution < -0.4 is 5.73 Å². The monoisotopic (exact) mass is 231 g/mol. The molecule has 2 heteroatoms. The topological polar surface area (TPSA) is 46.2 Å². The first-order valence-corrected chi connectivity index (χ1v) is 5.86. The third-order valence-corrected chi connectivity index (χ3v) is 2.98. The third kappa shape index (κ3) is 3.84. The lowest BCUT2D eigenvalue weighted by Crippen LogP contribution is -2.48. The van der Waals surface area contributed by atoms with E-state index in [-0.39, 0.29) is 6.04 Å². The van der Waals surface area contributed by atoms with Crippen molar-refractivity contribution in [3.8, 4) is 0 Å². The van der Waals surface area contributed by atoms with E-state index in [4.69, 9.17) is 5.73 Å². The van der Waals surface area contributed by atoms with Crippen molar-refractivity contribution in [3.05, 3.63) is 61.2 Å². The maximum Gasteiger partial charge on any atom is 0.0869 e. The molecule has 3 N–H and O–H groups in total. The fourth-order valence-electron chi connectivity index (χ4n) is 1.94. The Balaban J connectivity index is 2.74. The molecule has 0 spiro atoms. The summed E-state index contributed by atoms with van der Waals surface area (Å²) in [7, 11) is 0. The average Bonchev–Trinajstić information content (AvgIpc) is 2.31. The summed E-state index contributed by atoms with van der Waals surface area (Å²) >= 11 is 0. The van der Waals surface area contributed by atoms with E-state index in [1.54, 1.807) is 12.2 Å². The summed E-state index contributed by atoms with van der Waals surface area (Å²) in [5.41, 5.74) is 6.30. The van der Waals surface area contributed by atoms with Crippen LogP contribution in [0.1, 0.15) is 18.4 Å². The van der Waals surface area contributed by atoms with Crippen LogP contribution in [-0.2, 0) is 6.42 Å². The standard InChI is InChI=1S/C15H21NO/c1-3-10-15(17,11-4-2)14(16)12-13-8-6-5-7-9-13/h3-9,14,17H,1-2,10-12,16H2. The molecule has 0 radical (unpaired) electrons. The Morgan fingerprint density at radius 1 is 1.18 bits per heavy atom. The van der Waals surface area contributed by atoms with Crippen LogP contribution in [0.5, 0.6) is 0 Å². The van der Waals surface area contributed by atoms with Crippen molar-refractivity contribution in [3.63, 3.8) is 0 Å². The molecule has 1 aromatic rings. The maximum absolute atomic E-state index is 10.5. The van der Waals surface area contributed by atoms with Gasteiger partial charge >= 0.3 is 0 Å². The largest absolute Gasteiger partial charge is 0.388 e. The molecule has 2 nitrogen and oxygen atoms in total. The minimum Gasteiger partial charge on any atom is -0.388 e. The van der Waals surface area contributed by atoms with Crippen molar-refractivity contribution in [2.24, 2.45) is 5.73 Å². The minimum absolute atomic E-state index is 0.319. The van der Waals surface area contributed by atoms with Gasteiger partial charge in [0.2, 0.25) is 0 Å². The van der Waals surface area contributed by atoms with Crippen molar-refractivity contribution in [2.45, 2.75) is 30.9 Å². The van der Waals surface area contributed by atoms with Crippen molar-refractivity contribution in [2.75, 3.05) is 0 Å². The van der Waals surface area contributed by atoms with Gasteiger partial charge in [0.1, 0.15) is 0 Å². The first-order chi connectivity index (χ1) is 8.12. The van der Waals surface area contributed by atoms with Crippen LogP contribution in [-0.4, -0.2) is 16.7 Å². The van der Waals surface area contributed by atoms with E-state index in [0.29, 0.717) is 19.3 Å². The molecule has 1 atom stereocenters. The van der Waals surface area contributed by atoms with Gasteiger partial charge in [0, 0.05) is 6.04 Å². The van der Waals surface area contributed by atoms with Gasteiger partial charge in [-0.3, -0.25) is 0 Å². The van der Waals surface area contributed by atoms with Crippen LogP contribution in [0.4, 0.5) is 0 Å². The van der Waals surface area contributed by atoms with E-state index >= 15 is 0 Å². The van der Waals surface area contributed by atoms with Crippen molar-refractivity contribution in [1.82, 2.24) is 0 Å². The minimum atomic E-state index is -0.945. The van der Waals surface area contributed by atoms with E-state index in [0.717, 1.165) is 5.56 Å². The second-order valence-corrected chi connectivity index (χ2v) is 4.39. The molecule has 17 heavy (non-hydrogen) atoms. The number of hydrogen-bond acceptors (Lipinski definition) is 2. The van der Waals surface area contributed by atoms with Crippen molar-refractivity contribution < 1.29 is 5.11 Å². The second-order valence-electron chi connectivity index (χ2n) is 4.39. The van der Waals surface area contributed by atoms with Crippen LogP contribution in [0.3, 0.4) is 0 Å². The van der Waals surface area contributed by atoms with Crippen molar-refractivity contribution >= 4 is 0 Å². The zero-order chi connectivity index (χ0) is 12.7. The highest BCUT2D eigenvalue weighted by molar-refractivity contribution is 5.17. The van der Waals surface area contributed by atoms with Gasteiger partial charge in [0.05, 0.1) is 5.60 Å². The lowest BCUT2D eigenvalue weighted by Gasteiger charge is -2.32. The third-order valence-electron chi connectivity index (χ3n) is 2.98. The maximum atomic E-state index is 10.5. The molecule has 0 heterocycles. The van der Waals surface area contributed by atoms with Crippen molar-refractivity contribution in [1.29, 1.82) is 0 Å². The zero-order valence-electron chi connectivity index (χ0n) is 10.2. The summed E-state index contributed by atoms with van der Waals surface area (Å²) in [6, 6.07) is 9.63. The van der Waals surface area contributed by atoms with Gasteiger partial charge in [0.25, 0.3) is 0 Å². The highest BCUT2D eigenvalue weighted by Gasteiger charge is 2.31. The van der Waals surface area contributed by atoms with Gasteiger partial charge < -0.3 is 10.8 Å².